The molecule has 25 heavy (non-hydrogen) atoms. The first kappa shape index (κ1) is 16.7. The molecule has 0 unspecified atom stereocenters. The van der Waals surface area contributed by atoms with Gasteiger partial charge in [0.2, 0.25) is 0 Å². The Kier molecular flexibility index (Phi) is 5.09. The Bertz CT molecular complexity index is 825. The topological polar surface area (TPSA) is 73.9 Å². The lowest BCUT2D eigenvalue weighted by atomic mass is 10.1. The van der Waals surface area contributed by atoms with E-state index < -0.39 is 0 Å². The Morgan fingerprint density at radius 3 is 2.68 bits per heavy atom. The smallest absolute Gasteiger partial charge is 0.269 e. The summed E-state index contributed by atoms with van der Waals surface area (Å²) in [5.74, 6) is -0.160. The highest BCUT2D eigenvalue weighted by molar-refractivity contribution is 5.93. The van der Waals surface area contributed by atoms with E-state index in [1.165, 1.54) is 5.56 Å². The lowest BCUT2D eigenvalue weighted by molar-refractivity contribution is 0.0949. The first-order valence-corrected chi connectivity index (χ1v) is 8.14. The van der Waals surface area contributed by atoms with Crippen LogP contribution in [0.1, 0.15) is 16.1 Å². The number of nitrogens with zero attached hydrogens (tertiary/aromatic N) is 3. The van der Waals surface area contributed by atoms with Gasteiger partial charge >= 0.3 is 0 Å². The summed E-state index contributed by atoms with van der Waals surface area (Å²) in [5, 5.41) is 9.86. The molecule has 0 radical (unpaired) electrons. The van der Waals surface area contributed by atoms with Gasteiger partial charge in [0, 0.05) is 44.3 Å². The van der Waals surface area contributed by atoms with Crippen molar-refractivity contribution in [2.75, 3.05) is 25.5 Å². The fraction of sp³-hybridized carbons (Fsp3) is 0.211. The SMILES string of the molecule is CN(C)c1ccc(CCNC(=O)c2cc(-c3cccnc3)n[nH]2)cc1. The molecule has 0 saturated carbocycles. The molecule has 1 amide bonds. The van der Waals surface area contributed by atoms with Gasteiger partial charge in [-0.2, -0.15) is 5.10 Å². The van der Waals surface area contributed by atoms with Gasteiger partial charge in [0.05, 0.1) is 5.69 Å². The van der Waals surface area contributed by atoms with E-state index >= 15 is 0 Å². The molecule has 6 heteroatoms. The number of nitrogens with one attached hydrogen (secondary N) is 2. The highest BCUT2D eigenvalue weighted by atomic mass is 16.1. The van der Waals surface area contributed by atoms with Crippen LogP contribution in [0.15, 0.2) is 54.9 Å². The molecule has 0 aliphatic carbocycles. The van der Waals surface area contributed by atoms with E-state index in [0.29, 0.717) is 17.9 Å². The standard InChI is InChI=1S/C19H21N5O/c1-24(2)16-7-5-14(6-8-16)9-11-21-19(25)18-12-17(22-23-18)15-4-3-10-20-13-15/h3-8,10,12-13H,9,11H2,1-2H3,(H,21,25)(H,22,23). The molecule has 3 aromatic rings. The molecular formula is C19H21N5O. The lowest BCUT2D eigenvalue weighted by Crippen LogP contribution is -2.26. The van der Waals surface area contributed by atoms with Gasteiger partial charge in [-0.25, -0.2) is 0 Å². The van der Waals surface area contributed by atoms with Crippen molar-refractivity contribution in [1.82, 2.24) is 20.5 Å². The molecule has 6 nitrogen and oxygen atoms in total. The van der Waals surface area contributed by atoms with E-state index in [1.807, 2.05) is 26.2 Å². The molecule has 0 aliphatic heterocycles. The predicted molar refractivity (Wildman–Crippen MR) is 98.6 cm³/mol. The van der Waals surface area contributed by atoms with Crippen LogP contribution in [0.25, 0.3) is 11.3 Å². The van der Waals surface area contributed by atoms with E-state index in [1.54, 1.807) is 18.5 Å². The maximum atomic E-state index is 12.2. The largest absolute Gasteiger partial charge is 0.378 e. The minimum Gasteiger partial charge on any atom is -0.378 e. The second kappa shape index (κ2) is 7.61. The van der Waals surface area contributed by atoms with Crippen molar-refractivity contribution in [3.63, 3.8) is 0 Å². The fourth-order valence-electron chi connectivity index (χ4n) is 2.48. The average molecular weight is 335 g/mol. The number of hydrogen-bond acceptors (Lipinski definition) is 4. The molecule has 2 aromatic heterocycles. The zero-order valence-corrected chi connectivity index (χ0v) is 14.4. The van der Waals surface area contributed by atoms with Gasteiger partial charge in [-0.3, -0.25) is 14.9 Å². The van der Waals surface area contributed by atoms with Gasteiger partial charge in [0.15, 0.2) is 0 Å². The van der Waals surface area contributed by atoms with Gasteiger partial charge in [-0.15, -0.1) is 0 Å². The molecule has 0 atom stereocenters. The highest BCUT2D eigenvalue weighted by Gasteiger charge is 2.10. The first-order chi connectivity index (χ1) is 12.1. The summed E-state index contributed by atoms with van der Waals surface area (Å²) < 4.78 is 0. The van der Waals surface area contributed by atoms with E-state index in [2.05, 4.69) is 49.7 Å². The zero-order valence-electron chi connectivity index (χ0n) is 14.4. The van der Waals surface area contributed by atoms with Crippen molar-refractivity contribution in [2.24, 2.45) is 0 Å². The minimum atomic E-state index is -0.160. The molecule has 0 saturated heterocycles. The molecule has 0 fully saturated rings. The summed E-state index contributed by atoms with van der Waals surface area (Å²) in [5.41, 5.74) is 4.37. The summed E-state index contributed by atoms with van der Waals surface area (Å²) in [4.78, 5) is 18.3. The van der Waals surface area contributed by atoms with E-state index in [0.717, 1.165) is 17.7 Å². The van der Waals surface area contributed by atoms with Crippen molar-refractivity contribution in [3.05, 3.63) is 66.1 Å². The third-order valence-electron chi connectivity index (χ3n) is 3.93. The first-order valence-electron chi connectivity index (χ1n) is 8.14. The molecule has 0 aliphatic rings. The number of amides is 1. The molecule has 0 bridgehead atoms. The molecule has 3 rings (SSSR count). The quantitative estimate of drug-likeness (QED) is 0.726. The second-order valence-electron chi connectivity index (χ2n) is 5.98. The second-order valence-corrected chi connectivity index (χ2v) is 5.98. The number of anilines is 1. The zero-order chi connectivity index (χ0) is 17.6. The Hall–Kier alpha value is -3.15. The summed E-state index contributed by atoms with van der Waals surface area (Å²) in [7, 11) is 4.03. The van der Waals surface area contributed by atoms with Crippen LogP contribution in [0.4, 0.5) is 5.69 Å². The van der Waals surface area contributed by atoms with Gasteiger partial charge in [-0.1, -0.05) is 12.1 Å². The average Bonchev–Trinajstić information content (AvgIpc) is 3.13. The van der Waals surface area contributed by atoms with Crippen LogP contribution in [0.3, 0.4) is 0 Å². The van der Waals surface area contributed by atoms with Crippen LogP contribution in [0.2, 0.25) is 0 Å². The Labute approximate surface area is 146 Å². The molecule has 0 spiro atoms. The number of aromatic amines is 1. The van der Waals surface area contributed by atoms with Crippen molar-refractivity contribution >= 4 is 11.6 Å². The summed E-state index contributed by atoms with van der Waals surface area (Å²) in [6.45, 7) is 0.571. The number of hydrogen-bond donors (Lipinski definition) is 2. The molecular weight excluding hydrogens is 314 g/mol. The minimum absolute atomic E-state index is 0.160. The third kappa shape index (κ3) is 4.23. The van der Waals surface area contributed by atoms with Gasteiger partial charge < -0.3 is 10.2 Å². The van der Waals surface area contributed by atoms with Crippen LogP contribution in [0, 0.1) is 0 Å². The predicted octanol–water partition coefficient (Wildman–Crippen LogP) is 2.51. The van der Waals surface area contributed by atoms with Crippen molar-refractivity contribution in [1.29, 1.82) is 0 Å². The molecule has 1 aromatic carbocycles. The number of H-pyrrole nitrogens is 1. The Morgan fingerprint density at radius 1 is 1.20 bits per heavy atom. The number of benzene rings is 1. The fourth-order valence-corrected chi connectivity index (χ4v) is 2.48. The van der Waals surface area contributed by atoms with E-state index in [-0.39, 0.29) is 5.91 Å². The summed E-state index contributed by atoms with van der Waals surface area (Å²) in [6.07, 6.45) is 4.20. The monoisotopic (exact) mass is 335 g/mol. The van der Waals surface area contributed by atoms with Gasteiger partial charge in [-0.05, 0) is 42.3 Å². The van der Waals surface area contributed by atoms with E-state index in [9.17, 15) is 4.79 Å². The van der Waals surface area contributed by atoms with Crippen molar-refractivity contribution in [2.45, 2.75) is 6.42 Å². The Balaban J connectivity index is 1.54. The van der Waals surface area contributed by atoms with Crippen LogP contribution in [0.5, 0.6) is 0 Å². The maximum absolute atomic E-state index is 12.2. The molecule has 2 heterocycles. The van der Waals surface area contributed by atoms with Crippen LogP contribution in [-0.2, 0) is 6.42 Å². The van der Waals surface area contributed by atoms with Crippen molar-refractivity contribution in [3.8, 4) is 11.3 Å². The summed E-state index contributed by atoms with van der Waals surface area (Å²) in [6, 6.07) is 13.8. The van der Waals surface area contributed by atoms with E-state index in [4.69, 9.17) is 0 Å². The Morgan fingerprint density at radius 2 is 2.00 bits per heavy atom. The maximum Gasteiger partial charge on any atom is 0.269 e. The number of aromatic nitrogens is 3. The number of pyridine rings is 1. The third-order valence-corrected chi connectivity index (χ3v) is 3.93. The van der Waals surface area contributed by atoms with Crippen LogP contribution < -0.4 is 10.2 Å². The molecule has 128 valence electrons. The van der Waals surface area contributed by atoms with Gasteiger partial charge in [0.25, 0.3) is 5.91 Å². The normalized spacial score (nSPS) is 10.5. The van der Waals surface area contributed by atoms with Crippen molar-refractivity contribution < 1.29 is 4.79 Å². The summed E-state index contributed by atoms with van der Waals surface area (Å²) >= 11 is 0. The number of rotatable bonds is 6. The number of carbonyl (C=O) groups is 1. The number of carbonyl (C=O) groups excluding carboxylic acids is 1. The van der Waals surface area contributed by atoms with Gasteiger partial charge in [0.1, 0.15) is 5.69 Å². The van der Waals surface area contributed by atoms with Crippen LogP contribution in [-0.4, -0.2) is 41.7 Å². The van der Waals surface area contributed by atoms with Crippen LogP contribution >= 0.6 is 0 Å². The molecule has 2 N–H and O–H groups in total. The lowest BCUT2D eigenvalue weighted by Gasteiger charge is -2.12. The highest BCUT2D eigenvalue weighted by Crippen LogP contribution is 2.16.